The summed E-state index contributed by atoms with van der Waals surface area (Å²) in [5.41, 5.74) is 2.88. The minimum atomic E-state index is -0.00499. The van der Waals surface area contributed by atoms with Crippen molar-refractivity contribution < 1.29 is 4.79 Å². The van der Waals surface area contributed by atoms with Crippen LogP contribution in [0.2, 0.25) is 5.02 Å². The number of amides is 1. The van der Waals surface area contributed by atoms with Crippen molar-refractivity contribution in [2.45, 2.75) is 18.4 Å². The van der Waals surface area contributed by atoms with Crippen LogP contribution >= 0.6 is 34.7 Å². The summed E-state index contributed by atoms with van der Waals surface area (Å²) in [6, 6.07) is 17.7. The number of benzene rings is 2. The van der Waals surface area contributed by atoms with Crippen molar-refractivity contribution >= 4 is 56.0 Å². The predicted molar refractivity (Wildman–Crippen MR) is 122 cm³/mol. The summed E-state index contributed by atoms with van der Waals surface area (Å²) in [6.07, 6.45) is 3.49. The van der Waals surface area contributed by atoms with Gasteiger partial charge in [0.1, 0.15) is 5.52 Å². The van der Waals surface area contributed by atoms with Crippen LogP contribution in [-0.2, 0) is 11.3 Å². The predicted octanol–water partition coefficient (Wildman–Crippen LogP) is 5.98. The Kier molecular flexibility index (Phi) is 6.13. The van der Waals surface area contributed by atoms with Crippen LogP contribution in [0.3, 0.4) is 0 Å². The molecular formula is C22H18ClN3OS2. The van der Waals surface area contributed by atoms with Crippen molar-refractivity contribution in [3.8, 4) is 0 Å². The highest BCUT2D eigenvalue weighted by Crippen LogP contribution is 2.34. The van der Waals surface area contributed by atoms with Crippen molar-refractivity contribution in [3.05, 3.63) is 83.1 Å². The Morgan fingerprint density at radius 1 is 1.14 bits per heavy atom. The first kappa shape index (κ1) is 19.9. The maximum Gasteiger partial charge on any atom is 0.239 e. The van der Waals surface area contributed by atoms with Gasteiger partial charge in [-0.25, -0.2) is 4.98 Å². The standard InChI is InChI=1S/C22H18ClN3OS2/c1-15-7-9-17(10-8-15)28-14-20(27)26(13-16-4-3-11-24-12-16)22-25-21-18(23)5-2-6-19(21)29-22/h2-12H,13-14H2,1H3. The minimum absolute atomic E-state index is 0.00499. The van der Waals surface area contributed by atoms with Crippen LogP contribution in [-0.4, -0.2) is 21.6 Å². The fraction of sp³-hybridized carbons (Fsp3) is 0.136. The molecule has 0 saturated heterocycles. The van der Waals surface area contributed by atoms with Crippen molar-refractivity contribution in [1.29, 1.82) is 0 Å². The van der Waals surface area contributed by atoms with Gasteiger partial charge in [-0.1, -0.05) is 52.8 Å². The van der Waals surface area contributed by atoms with Gasteiger partial charge in [0, 0.05) is 17.3 Å². The number of para-hydroxylation sites is 1. The first-order chi connectivity index (χ1) is 14.1. The highest BCUT2D eigenvalue weighted by atomic mass is 35.5. The Balaban J connectivity index is 1.60. The first-order valence-corrected chi connectivity index (χ1v) is 11.2. The van der Waals surface area contributed by atoms with Gasteiger partial charge in [0.15, 0.2) is 5.13 Å². The van der Waals surface area contributed by atoms with E-state index in [4.69, 9.17) is 11.6 Å². The number of carbonyl (C=O) groups excluding carboxylic acids is 1. The SMILES string of the molecule is Cc1ccc(SCC(=O)N(Cc2cccnc2)c2nc3c(Cl)cccc3s2)cc1. The van der Waals surface area contributed by atoms with Gasteiger partial charge in [0.05, 0.1) is 22.0 Å². The number of pyridine rings is 1. The molecule has 0 fully saturated rings. The summed E-state index contributed by atoms with van der Waals surface area (Å²) >= 11 is 9.29. The van der Waals surface area contributed by atoms with Gasteiger partial charge in [-0.3, -0.25) is 14.7 Å². The van der Waals surface area contributed by atoms with Crippen LogP contribution in [0.4, 0.5) is 5.13 Å². The molecule has 2 aromatic heterocycles. The van der Waals surface area contributed by atoms with Gasteiger partial charge in [0.25, 0.3) is 0 Å². The highest BCUT2D eigenvalue weighted by molar-refractivity contribution is 8.00. The zero-order chi connectivity index (χ0) is 20.2. The summed E-state index contributed by atoms with van der Waals surface area (Å²) in [5, 5.41) is 1.24. The van der Waals surface area contributed by atoms with Crippen molar-refractivity contribution in [1.82, 2.24) is 9.97 Å². The summed E-state index contributed by atoms with van der Waals surface area (Å²) in [6.45, 7) is 2.46. The molecule has 0 spiro atoms. The van der Waals surface area contributed by atoms with E-state index in [1.54, 1.807) is 17.3 Å². The van der Waals surface area contributed by atoms with Gasteiger partial charge in [0.2, 0.25) is 5.91 Å². The van der Waals surface area contributed by atoms with Crippen LogP contribution in [0, 0.1) is 6.92 Å². The third-order valence-electron chi connectivity index (χ3n) is 4.34. The lowest BCUT2D eigenvalue weighted by Crippen LogP contribution is -2.31. The number of hydrogen-bond donors (Lipinski definition) is 0. The number of rotatable bonds is 6. The molecule has 0 bridgehead atoms. The zero-order valence-corrected chi connectivity index (χ0v) is 18.1. The summed E-state index contributed by atoms with van der Waals surface area (Å²) < 4.78 is 0.961. The lowest BCUT2D eigenvalue weighted by molar-refractivity contribution is -0.116. The lowest BCUT2D eigenvalue weighted by atomic mass is 10.2. The molecule has 4 rings (SSSR count). The van der Waals surface area contributed by atoms with E-state index in [9.17, 15) is 4.79 Å². The van der Waals surface area contributed by atoms with E-state index in [-0.39, 0.29) is 5.91 Å². The minimum Gasteiger partial charge on any atom is -0.283 e. The molecule has 1 amide bonds. The molecule has 0 unspecified atom stereocenters. The second-order valence-corrected chi connectivity index (χ2v) is 8.99. The maximum absolute atomic E-state index is 13.2. The van der Waals surface area contributed by atoms with E-state index >= 15 is 0 Å². The Morgan fingerprint density at radius 2 is 1.97 bits per heavy atom. The van der Waals surface area contributed by atoms with E-state index < -0.39 is 0 Å². The number of anilines is 1. The van der Waals surface area contributed by atoms with Crippen molar-refractivity contribution in [2.75, 3.05) is 10.7 Å². The van der Waals surface area contributed by atoms with Crippen molar-refractivity contribution in [3.63, 3.8) is 0 Å². The molecule has 146 valence electrons. The third kappa shape index (κ3) is 4.78. The molecule has 29 heavy (non-hydrogen) atoms. The molecule has 0 aliphatic rings. The Labute approximate surface area is 182 Å². The Morgan fingerprint density at radius 3 is 2.69 bits per heavy atom. The number of aromatic nitrogens is 2. The number of thioether (sulfide) groups is 1. The number of nitrogens with zero attached hydrogens (tertiary/aromatic N) is 3. The van der Waals surface area contributed by atoms with E-state index in [1.807, 2.05) is 49.4 Å². The molecule has 0 atom stereocenters. The average Bonchev–Trinajstić information content (AvgIpc) is 3.17. The fourth-order valence-corrected chi connectivity index (χ4v) is 4.87. The molecule has 4 nitrogen and oxygen atoms in total. The highest BCUT2D eigenvalue weighted by Gasteiger charge is 2.21. The molecule has 0 radical (unpaired) electrons. The topological polar surface area (TPSA) is 46.1 Å². The molecular weight excluding hydrogens is 422 g/mol. The molecule has 2 aromatic carbocycles. The third-order valence-corrected chi connectivity index (χ3v) is 6.68. The van der Waals surface area contributed by atoms with Crippen LogP contribution < -0.4 is 4.90 Å². The second kappa shape index (κ2) is 8.95. The number of aryl methyl sites for hydroxylation is 1. The van der Waals surface area contributed by atoms with Crippen molar-refractivity contribution in [2.24, 2.45) is 0 Å². The lowest BCUT2D eigenvalue weighted by Gasteiger charge is -2.19. The Hall–Kier alpha value is -2.41. The number of hydrogen-bond acceptors (Lipinski definition) is 5. The van der Waals surface area contributed by atoms with Crippen LogP contribution in [0.1, 0.15) is 11.1 Å². The number of halogens is 1. The monoisotopic (exact) mass is 439 g/mol. The molecule has 0 saturated carbocycles. The van der Waals surface area contributed by atoms with E-state index in [0.717, 1.165) is 20.7 Å². The van der Waals surface area contributed by atoms with Crippen LogP contribution in [0.5, 0.6) is 0 Å². The molecule has 7 heteroatoms. The quantitative estimate of drug-likeness (QED) is 0.347. The molecule has 0 aliphatic carbocycles. The van der Waals surface area contributed by atoms with Gasteiger partial charge in [-0.05, 0) is 42.8 Å². The molecule has 4 aromatic rings. The molecule has 0 N–H and O–H groups in total. The van der Waals surface area contributed by atoms with Gasteiger partial charge >= 0.3 is 0 Å². The number of fused-ring (bicyclic) bond motifs is 1. The Bertz CT molecular complexity index is 1130. The summed E-state index contributed by atoms with van der Waals surface area (Å²) in [4.78, 5) is 24.8. The summed E-state index contributed by atoms with van der Waals surface area (Å²) in [5.74, 6) is 0.321. The fourth-order valence-electron chi connectivity index (χ4n) is 2.81. The molecule has 0 aliphatic heterocycles. The number of carbonyl (C=O) groups is 1. The van der Waals surface area contributed by atoms with Gasteiger partial charge in [-0.2, -0.15) is 0 Å². The van der Waals surface area contributed by atoms with Gasteiger partial charge in [-0.15, -0.1) is 11.8 Å². The van der Waals surface area contributed by atoms with E-state index in [0.29, 0.717) is 22.5 Å². The number of thiazole rings is 1. The maximum atomic E-state index is 13.2. The normalized spacial score (nSPS) is 11.0. The smallest absolute Gasteiger partial charge is 0.239 e. The van der Waals surface area contributed by atoms with Crippen LogP contribution in [0.15, 0.2) is 71.9 Å². The van der Waals surface area contributed by atoms with Crippen LogP contribution in [0.25, 0.3) is 10.2 Å². The zero-order valence-electron chi connectivity index (χ0n) is 15.7. The summed E-state index contributed by atoms with van der Waals surface area (Å²) in [7, 11) is 0. The van der Waals surface area contributed by atoms with Gasteiger partial charge < -0.3 is 0 Å². The average molecular weight is 440 g/mol. The second-order valence-electron chi connectivity index (χ2n) is 6.53. The van der Waals surface area contributed by atoms with E-state index in [2.05, 4.69) is 22.1 Å². The molecule has 2 heterocycles. The largest absolute Gasteiger partial charge is 0.283 e. The van der Waals surface area contributed by atoms with E-state index in [1.165, 1.54) is 28.7 Å². The first-order valence-electron chi connectivity index (χ1n) is 9.04.